The van der Waals surface area contributed by atoms with Crippen LogP contribution in [0.15, 0.2) is 59.5 Å². The molecule has 0 spiro atoms. The van der Waals surface area contributed by atoms with Crippen LogP contribution in [0.1, 0.15) is 15.2 Å². The second-order valence-electron chi connectivity index (χ2n) is 5.51. The summed E-state index contributed by atoms with van der Waals surface area (Å²) in [6.07, 6.45) is 0. The Morgan fingerprint density at radius 3 is 2.42 bits per heavy atom. The van der Waals surface area contributed by atoms with Crippen LogP contribution < -0.4 is 4.72 Å². The lowest BCUT2D eigenvalue weighted by atomic mass is 10.2. The number of anilines is 1. The molecule has 1 heterocycles. The molecule has 2 N–H and O–H groups in total. The number of sulfonamides is 1. The van der Waals surface area contributed by atoms with E-state index in [1.165, 1.54) is 30.3 Å². The van der Waals surface area contributed by atoms with E-state index < -0.39 is 21.8 Å². The van der Waals surface area contributed by atoms with Gasteiger partial charge in [-0.15, -0.1) is 11.3 Å². The first kappa shape index (κ1) is 18.1. The molecule has 0 saturated heterocycles. The second-order valence-corrected chi connectivity index (χ2v) is 8.21. The van der Waals surface area contributed by atoms with E-state index in [2.05, 4.69) is 4.72 Å². The van der Waals surface area contributed by atoms with Gasteiger partial charge in [0.15, 0.2) is 0 Å². The van der Waals surface area contributed by atoms with Gasteiger partial charge in [0, 0.05) is 10.4 Å². The van der Waals surface area contributed by atoms with Crippen LogP contribution in [0.2, 0.25) is 0 Å². The largest absolute Gasteiger partial charge is 0.477 e. The summed E-state index contributed by atoms with van der Waals surface area (Å²) in [6, 6.07) is 13.6. The quantitative estimate of drug-likeness (QED) is 0.677. The van der Waals surface area contributed by atoms with E-state index in [1.807, 2.05) is 0 Å². The first-order chi connectivity index (χ1) is 12.3. The fourth-order valence-corrected chi connectivity index (χ4v) is 4.83. The Morgan fingerprint density at radius 1 is 1.12 bits per heavy atom. The van der Waals surface area contributed by atoms with Gasteiger partial charge in [-0.05, 0) is 30.7 Å². The molecule has 0 radical (unpaired) electrons. The highest BCUT2D eigenvalue weighted by Crippen LogP contribution is 2.37. The van der Waals surface area contributed by atoms with Crippen LogP contribution in [-0.2, 0) is 10.0 Å². The average Bonchev–Trinajstić information content (AvgIpc) is 2.98. The zero-order valence-corrected chi connectivity index (χ0v) is 15.2. The van der Waals surface area contributed by atoms with E-state index in [1.54, 1.807) is 31.2 Å². The summed E-state index contributed by atoms with van der Waals surface area (Å²) in [5, 5.41) is 9.40. The Morgan fingerprint density at radius 2 is 1.77 bits per heavy atom. The summed E-state index contributed by atoms with van der Waals surface area (Å²) in [6.45, 7) is 1.64. The maximum Gasteiger partial charge on any atom is 0.348 e. The fourth-order valence-electron chi connectivity index (χ4n) is 2.48. The summed E-state index contributed by atoms with van der Waals surface area (Å²) >= 11 is 0.808. The second kappa shape index (κ2) is 6.89. The molecule has 2 aromatic carbocycles. The standard InChI is InChI=1S/C18H14FNO4S2/c1-11-6-2-5-9-16(11)26(23,24)20-14-10-15(25-17(14)18(21)22)12-7-3-4-8-13(12)19/h2-10,20H,1H3,(H,21,22). The first-order valence-electron chi connectivity index (χ1n) is 7.50. The summed E-state index contributed by atoms with van der Waals surface area (Å²) in [5.41, 5.74) is 0.645. The van der Waals surface area contributed by atoms with Crippen LogP contribution in [0, 0.1) is 12.7 Å². The molecule has 0 aliphatic carbocycles. The minimum Gasteiger partial charge on any atom is -0.477 e. The Bertz CT molecular complexity index is 1090. The fraction of sp³-hybridized carbons (Fsp3) is 0.0556. The van der Waals surface area contributed by atoms with Crippen molar-refractivity contribution >= 4 is 33.0 Å². The highest BCUT2D eigenvalue weighted by Gasteiger charge is 2.23. The lowest BCUT2D eigenvalue weighted by Crippen LogP contribution is -2.15. The third kappa shape index (κ3) is 3.47. The molecule has 0 fully saturated rings. The maximum absolute atomic E-state index is 14.0. The van der Waals surface area contributed by atoms with Crippen LogP contribution in [-0.4, -0.2) is 19.5 Å². The van der Waals surface area contributed by atoms with Gasteiger partial charge >= 0.3 is 5.97 Å². The molecule has 0 atom stereocenters. The van der Waals surface area contributed by atoms with Crippen molar-refractivity contribution in [3.05, 3.63) is 70.9 Å². The van der Waals surface area contributed by atoms with Gasteiger partial charge in [0.1, 0.15) is 10.7 Å². The molecule has 3 rings (SSSR count). The molecule has 0 aliphatic heterocycles. The van der Waals surface area contributed by atoms with E-state index in [0.29, 0.717) is 10.4 Å². The SMILES string of the molecule is Cc1ccccc1S(=O)(=O)Nc1cc(-c2ccccc2F)sc1C(=O)O. The van der Waals surface area contributed by atoms with Crippen molar-refractivity contribution < 1.29 is 22.7 Å². The number of thiophene rings is 1. The highest BCUT2D eigenvalue weighted by molar-refractivity contribution is 7.92. The Kier molecular flexibility index (Phi) is 4.80. The Labute approximate surface area is 153 Å². The third-order valence-electron chi connectivity index (χ3n) is 3.69. The van der Waals surface area contributed by atoms with Crippen molar-refractivity contribution in [2.75, 3.05) is 4.72 Å². The predicted octanol–water partition coefficient (Wildman–Crippen LogP) is 4.36. The molecule has 0 bridgehead atoms. The van der Waals surface area contributed by atoms with Crippen LogP contribution in [0.3, 0.4) is 0 Å². The normalized spacial score (nSPS) is 11.3. The number of rotatable bonds is 5. The van der Waals surface area contributed by atoms with Crippen LogP contribution >= 0.6 is 11.3 Å². The number of aromatic carboxylic acids is 1. The number of benzene rings is 2. The molecule has 3 aromatic rings. The third-order valence-corrected chi connectivity index (χ3v) is 6.38. The molecular weight excluding hydrogens is 377 g/mol. The van der Waals surface area contributed by atoms with Crippen LogP contribution in [0.5, 0.6) is 0 Å². The zero-order chi connectivity index (χ0) is 18.9. The van der Waals surface area contributed by atoms with Crippen molar-refractivity contribution in [3.63, 3.8) is 0 Å². The number of hydrogen-bond donors (Lipinski definition) is 2. The molecule has 5 nitrogen and oxygen atoms in total. The lowest BCUT2D eigenvalue weighted by molar-refractivity contribution is 0.0703. The first-order valence-corrected chi connectivity index (χ1v) is 9.80. The zero-order valence-electron chi connectivity index (χ0n) is 13.6. The molecule has 26 heavy (non-hydrogen) atoms. The van der Waals surface area contributed by atoms with Gasteiger partial charge in [0.25, 0.3) is 10.0 Å². The molecule has 0 saturated carbocycles. The van der Waals surface area contributed by atoms with Crippen LogP contribution in [0.25, 0.3) is 10.4 Å². The molecule has 8 heteroatoms. The minimum atomic E-state index is -3.98. The molecule has 0 unspecified atom stereocenters. The number of hydrogen-bond acceptors (Lipinski definition) is 4. The minimum absolute atomic E-state index is 0.0509. The number of carboxylic acid groups (broad SMARTS) is 1. The molecule has 0 aliphatic rings. The van der Waals surface area contributed by atoms with Crippen molar-refractivity contribution in [3.8, 4) is 10.4 Å². The molecule has 134 valence electrons. The smallest absolute Gasteiger partial charge is 0.348 e. The molecule has 1 aromatic heterocycles. The Balaban J connectivity index is 2.07. The van der Waals surface area contributed by atoms with Crippen LogP contribution in [0.4, 0.5) is 10.1 Å². The van der Waals surface area contributed by atoms with Crippen molar-refractivity contribution in [2.45, 2.75) is 11.8 Å². The van der Waals surface area contributed by atoms with Gasteiger partial charge in [-0.3, -0.25) is 4.72 Å². The van der Waals surface area contributed by atoms with Crippen molar-refractivity contribution in [1.29, 1.82) is 0 Å². The average molecular weight is 391 g/mol. The van der Waals surface area contributed by atoms with E-state index in [4.69, 9.17) is 0 Å². The van der Waals surface area contributed by atoms with Gasteiger partial charge in [-0.25, -0.2) is 17.6 Å². The monoisotopic (exact) mass is 391 g/mol. The lowest BCUT2D eigenvalue weighted by Gasteiger charge is -2.09. The van der Waals surface area contributed by atoms with Gasteiger partial charge in [0.2, 0.25) is 0 Å². The Hall–Kier alpha value is -2.71. The maximum atomic E-state index is 14.0. The number of nitrogens with one attached hydrogen (secondary N) is 1. The summed E-state index contributed by atoms with van der Waals surface area (Å²) in [7, 11) is -3.98. The summed E-state index contributed by atoms with van der Waals surface area (Å²) in [4.78, 5) is 11.7. The summed E-state index contributed by atoms with van der Waals surface area (Å²) < 4.78 is 41.6. The number of halogens is 1. The number of carboxylic acids is 1. The van der Waals surface area contributed by atoms with E-state index in [9.17, 15) is 22.7 Å². The number of aryl methyl sites for hydroxylation is 1. The van der Waals surface area contributed by atoms with Gasteiger partial charge in [-0.2, -0.15) is 0 Å². The van der Waals surface area contributed by atoms with Gasteiger partial charge in [-0.1, -0.05) is 36.4 Å². The van der Waals surface area contributed by atoms with E-state index >= 15 is 0 Å². The van der Waals surface area contributed by atoms with Crippen molar-refractivity contribution in [2.24, 2.45) is 0 Å². The van der Waals surface area contributed by atoms with Crippen molar-refractivity contribution in [1.82, 2.24) is 0 Å². The van der Waals surface area contributed by atoms with E-state index in [-0.39, 0.29) is 21.0 Å². The topological polar surface area (TPSA) is 83.5 Å². The predicted molar refractivity (Wildman–Crippen MR) is 98.7 cm³/mol. The molecular formula is C18H14FNO4S2. The molecule has 0 amide bonds. The van der Waals surface area contributed by atoms with E-state index in [0.717, 1.165) is 11.3 Å². The van der Waals surface area contributed by atoms with Gasteiger partial charge in [0.05, 0.1) is 10.6 Å². The van der Waals surface area contributed by atoms with Gasteiger partial charge < -0.3 is 5.11 Å². The highest BCUT2D eigenvalue weighted by atomic mass is 32.2. The summed E-state index contributed by atoms with van der Waals surface area (Å²) in [5.74, 6) is -1.81. The number of carbonyl (C=O) groups is 1.